The highest BCUT2D eigenvalue weighted by atomic mass is 32.2. The molecule has 0 radical (unpaired) electrons. The second-order valence-electron chi connectivity index (χ2n) is 3.77. The average Bonchev–Trinajstić information content (AvgIpc) is 1.96. The van der Waals surface area contributed by atoms with Gasteiger partial charge in [0.05, 0.1) is 17.8 Å². The Morgan fingerprint density at radius 1 is 1.50 bits per heavy atom. The van der Waals surface area contributed by atoms with Crippen LogP contribution in [-0.2, 0) is 24.7 Å². The fraction of sp³-hybridized carbons (Fsp3) is 0.857. The summed E-state index contributed by atoms with van der Waals surface area (Å²) in [6, 6.07) is -0.513. The standard InChI is InChI=1S/C7H14N2O5S2/c1-15(11,12)9-7(10)4-6-5-16(13,14)3-2-8-6/h6,8H,2-5H2,1H3,(H,9,10). The molecule has 94 valence electrons. The summed E-state index contributed by atoms with van der Waals surface area (Å²) in [7, 11) is -6.69. The first-order valence-electron chi connectivity index (χ1n) is 4.62. The number of carbonyl (C=O) groups excluding carboxylic acids is 1. The zero-order valence-electron chi connectivity index (χ0n) is 8.76. The number of carbonyl (C=O) groups is 1. The topological polar surface area (TPSA) is 109 Å². The fourth-order valence-corrected chi connectivity index (χ4v) is 3.41. The third-order valence-corrected chi connectivity index (χ3v) is 4.37. The van der Waals surface area contributed by atoms with Gasteiger partial charge in [0.2, 0.25) is 15.9 Å². The fourth-order valence-electron chi connectivity index (χ4n) is 1.47. The van der Waals surface area contributed by atoms with Gasteiger partial charge < -0.3 is 5.32 Å². The van der Waals surface area contributed by atoms with Crippen LogP contribution < -0.4 is 10.0 Å². The van der Waals surface area contributed by atoms with Gasteiger partial charge in [0.25, 0.3) is 0 Å². The molecule has 1 heterocycles. The van der Waals surface area contributed by atoms with E-state index in [4.69, 9.17) is 0 Å². The van der Waals surface area contributed by atoms with E-state index in [2.05, 4.69) is 5.32 Å². The van der Waals surface area contributed by atoms with E-state index in [1.165, 1.54) is 0 Å². The maximum Gasteiger partial charge on any atom is 0.235 e. The molecule has 0 saturated carbocycles. The predicted octanol–water partition coefficient (Wildman–Crippen LogP) is -2.16. The number of sulfone groups is 1. The maximum absolute atomic E-state index is 11.2. The van der Waals surface area contributed by atoms with Gasteiger partial charge in [-0.05, 0) is 0 Å². The van der Waals surface area contributed by atoms with Crippen LogP contribution in [0.3, 0.4) is 0 Å². The SMILES string of the molecule is CS(=O)(=O)NC(=O)CC1CS(=O)(=O)CCN1. The van der Waals surface area contributed by atoms with Gasteiger partial charge in [-0.25, -0.2) is 16.8 Å². The van der Waals surface area contributed by atoms with Crippen LogP contribution in [0.4, 0.5) is 0 Å². The lowest BCUT2D eigenvalue weighted by molar-refractivity contribution is -0.119. The van der Waals surface area contributed by atoms with Crippen molar-refractivity contribution in [2.45, 2.75) is 12.5 Å². The minimum Gasteiger partial charge on any atom is -0.311 e. The summed E-state index contributed by atoms with van der Waals surface area (Å²) in [6.07, 6.45) is 0.711. The zero-order chi connectivity index (χ0) is 12.4. The van der Waals surface area contributed by atoms with E-state index in [1.54, 1.807) is 4.72 Å². The van der Waals surface area contributed by atoms with Crippen LogP contribution in [0.1, 0.15) is 6.42 Å². The normalized spacial score (nSPS) is 24.9. The van der Waals surface area contributed by atoms with Crippen molar-refractivity contribution >= 4 is 25.8 Å². The van der Waals surface area contributed by atoms with Gasteiger partial charge in [0.1, 0.15) is 0 Å². The summed E-state index contributed by atoms with van der Waals surface area (Å²) in [5, 5.41) is 2.86. The van der Waals surface area contributed by atoms with E-state index >= 15 is 0 Å². The highest BCUT2D eigenvalue weighted by Crippen LogP contribution is 2.04. The van der Waals surface area contributed by atoms with Crippen molar-refractivity contribution in [3.8, 4) is 0 Å². The highest BCUT2D eigenvalue weighted by molar-refractivity contribution is 7.91. The predicted molar refractivity (Wildman–Crippen MR) is 58.0 cm³/mol. The number of hydrogen-bond donors (Lipinski definition) is 2. The van der Waals surface area contributed by atoms with Crippen molar-refractivity contribution in [3.63, 3.8) is 0 Å². The van der Waals surface area contributed by atoms with Gasteiger partial charge in [-0.15, -0.1) is 0 Å². The van der Waals surface area contributed by atoms with Crippen molar-refractivity contribution in [1.29, 1.82) is 0 Å². The molecule has 9 heteroatoms. The first-order valence-corrected chi connectivity index (χ1v) is 8.34. The summed E-state index contributed by atoms with van der Waals surface area (Å²) in [5.41, 5.74) is 0. The Bertz CT molecular complexity index is 467. The molecule has 1 atom stereocenters. The molecule has 1 amide bonds. The molecule has 1 saturated heterocycles. The molecular weight excluding hydrogens is 256 g/mol. The van der Waals surface area contributed by atoms with Gasteiger partial charge in [-0.1, -0.05) is 0 Å². The lowest BCUT2D eigenvalue weighted by Crippen LogP contribution is -2.47. The van der Waals surface area contributed by atoms with Crippen LogP contribution in [0.5, 0.6) is 0 Å². The number of nitrogens with one attached hydrogen (secondary N) is 2. The van der Waals surface area contributed by atoms with Gasteiger partial charge in [-0.3, -0.25) is 9.52 Å². The quantitative estimate of drug-likeness (QED) is 0.604. The zero-order valence-corrected chi connectivity index (χ0v) is 10.4. The number of amides is 1. The summed E-state index contributed by atoms with van der Waals surface area (Å²) in [5.74, 6) is -0.779. The molecule has 0 spiro atoms. The summed E-state index contributed by atoms with van der Waals surface area (Å²) in [6.45, 7) is 0.291. The molecule has 1 unspecified atom stereocenters. The van der Waals surface area contributed by atoms with E-state index in [1.807, 2.05) is 0 Å². The molecule has 0 aromatic heterocycles. The Morgan fingerprint density at radius 2 is 2.12 bits per heavy atom. The molecule has 1 aliphatic heterocycles. The largest absolute Gasteiger partial charge is 0.311 e. The summed E-state index contributed by atoms with van der Waals surface area (Å²) in [4.78, 5) is 11.2. The van der Waals surface area contributed by atoms with Crippen LogP contribution in [0, 0.1) is 0 Å². The van der Waals surface area contributed by atoms with Crippen molar-refractivity contribution in [2.24, 2.45) is 0 Å². The molecule has 1 rings (SSSR count). The Hall–Kier alpha value is -0.670. The van der Waals surface area contributed by atoms with Crippen LogP contribution in [0.15, 0.2) is 0 Å². The smallest absolute Gasteiger partial charge is 0.235 e. The highest BCUT2D eigenvalue weighted by Gasteiger charge is 2.26. The van der Waals surface area contributed by atoms with E-state index < -0.39 is 31.8 Å². The van der Waals surface area contributed by atoms with Crippen LogP contribution in [0.2, 0.25) is 0 Å². The van der Waals surface area contributed by atoms with Crippen molar-refractivity contribution in [1.82, 2.24) is 10.0 Å². The minimum absolute atomic E-state index is 0.0528. The summed E-state index contributed by atoms with van der Waals surface area (Å²) < 4.78 is 45.7. The Morgan fingerprint density at radius 3 is 2.62 bits per heavy atom. The molecule has 0 aliphatic carbocycles. The molecule has 2 N–H and O–H groups in total. The molecular formula is C7H14N2O5S2. The molecule has 0 aromatic rings. The lowest BCUT2D eigenvalue weighted by atomic mass is 10.2. The first-order chi connectivity index (χ1) is 7.18. The van der Waals surface area contributed by atoms with Crippen LogP contribution in [0.25, 0.3) is 0 Å². The molecule has 1 fully saturated rings. The molecule has 7 nitrogen and oxygen atoms in total. The van der Waals surface area contributed by atoms with Gasteiger partial charge >= 0.3 is 0 Å². The van der Waals surface area contributed by atoms with Crippen molar-refractivity contribution in [3.05, 3.63) is 0 Å². The molecule has 0 aromatic carbocycles. The van der Waals surface area contributed by atoms with Crippen molar-refractivity contribution in [2.75, 3.05) is 24.3 Å². The number of rotatable bonds is 3. The average molecular weight is 270 g/mol. The van der Waals surface area contributed by atoms with E-state index in [0.29, 0.717) is 6.54 Å². The second kappa shape index (κ2) is 4.68. The monoisotopic (exact) mass is 270 g/mol. The second-order valence-corrected chi connectivity index (χ2v) is 7.74. The molecule has 1 aliphatic rings. The van der Waals surface area contributed by atoms with Crippen LogP contribution >= 0.6 is 0 Å². The van der Waals surface area contributed by atoms with Gasteiger partial charge in [0, 0.05) is 19.0 Å². The van der Waals surface area contributed by atoms with E-state index in [9.17, 15) is 21.6 Å². The van der Waals surface area contributed by atoms with E-state index in [0.717, 1.165) is 6.26 Å². The Kier molecular flexibility index (Phi) is 3.92. The van der Waals surface area contributed by atoms with Gasteiger partial charge in [-0.2, -0.15) is 0 Å². The third kappa shape index (κ3) is 4.90. The maximum atomic E-state index is 11.2. The third-order valence-electron chi connectivity index (χ3n) is 2.03. The number of hydrogen-bond acceptors (Lipinski definition) is 6. The Balaban J connectivity index is 2.52. The lowest BCUT2D eigenvalue weighted by Gasteiger charge is -2.22. The summed E-state index contributed by atoms with van der Waals surface area (Å²) >= 11 is 0. The van der Waals surface area contributed by atoms with Crippen molar-refractivity contribution < 1.29 is 21.6 Å². The Labute approximate surface area is 94.6 Å². The molecule has 16 heavy (non-hydrogen) atoms. The van der Waals surface area contributed by atoms with Gasteiger partial charge in [0.15, 0.2) is 9.84 Å². The molecule has 0 bridgehead atoms. The minimum atomic E-state index is -3.58. The number of sulfonamides is 1. The van der Waals surface area contributed by atoms with E-state index in [-0.39, 0.29) is 17.9 Å². The van der Waals surface area contributed by atoms with Crippen LogP contribution in [-0.4, -0.2) is 53.1 Å². The first kappa shape index (κ1) is 13.4.